The number of anilines is 1. The van der Waals surface area contributed by atoms with Crippen molar-refractivity contribution in [2.24, 2.45) is 0 Å². The third-order valence-corrected chi connectivity index (χ3v) is 7.62. The summed E-state index contributed by atoms with van der Waals surface area (Å²) >= 11 is 0. The lowest BCUT2D eigenvalue weighted by Gasteiger charge is -2.35. The molecule has 2 aliphatic heterocycles. The van der Waals surface area contributed by atoms with Gasteiger partial charge in [0.25, 0.3) is 0 Å². The quantitative estimate of drug-likeness (QED) is 0.663. The van der Waals surface area contributed by atoms with Gasteiger partial charge in [0.1, 0.15) is 11.5 Å². The van der Waals surface area contributed by atoms with E-state index in [1.807, 2.05) is 32.2 Å². The first kappa shape index (κ1) is 20.3. The molecule has 0 aliphatic carbocycles. The van der Waals surface area contributed by atoms with Gasteiger partial charge in [-0.1, -0.05) is 0 Å². The highest BCUT2D eigenvalue weighted by Crippen LogP contribution is 2.44. The number of hydrogen-bond donors (Lipinski definition) is 1. The van der Waals surface area contributed by atoms with Crippen molar-refractivity contribution in [2.75, 3.05) is 30.9 Å². The number of aromatic amines is 1. The highest BCUT2D eigenvalue weighted by Gasteiger charge is 2.46. The van der Waals surface area contributed by atoms with E-state index in [0.29, 0.717) is 25.6 Å². The molecule has 2 aliphatic rings. The first-order chi connectivity index (χ1) is 14.7. The van der Waals surface area contributed by atoms with Crippen molar-refractivity contribution in [3.8, 4) is 11.4 Å². The smallest absolute Gasteiger partial charge is 0.212 e. The second kappa shape index (κ2) is 6.98. The van der Waals surface area contributed by atoms with Crippen LogP contribution in [0.5, 0.6) is 0 Å². The molecule has 3 aromatic heterocycles. The molecule has 5 rings (SSSR count). The molecule has 1 unspecified atom stereocenters. The minimum Gasteiger partial charge on any atom is -0.377 e. The summed E-state index contributed by atoms with van der Waals surface area (Å²) in [7, 11) is -3.43. The van der Waals surface area contributed by atoms with Gasteiger partial charge >= 0.3 is 0 Å². The number of aromatic nitrogens is 4. The summed E-state index contributed by atoms with van der Waals surface area (Å²) in [6, 6.07) is 3.99. The summed E-state index contributed by atoms with van der Waals surface area (Å²) in [4.78, 5) is 19.6. The van der Waals surface area contributed by atoms with E-state index in [1.165, 1.54) is 10.6 Å². The van der Waals surface area contributed by atoms with Gasteiger partial charge in [-0.3, -0.25) is 0 Å². The summed E-state index contributed by atoms with van der Waals surface area (Å²) in [6.45, 7) is 8.07. The van der Waals surface area contributed by atoms with Crippen LogP contribution in [-0.2, 0) is 26.8 Å². The number of hydrogen-bond acceptors (Lipinski definition) is 7. The van der Waals surface area contributed by atoms with Gasteiger partial charge < -0.3 is 14.6 Å². The second-order valence-corrected chi connectivity index (χ2v) is 10.6. The summed E-state index contributed by atoms with van der Waals surface area (Å²) in [5.41, 5.74) is 2.46. The Morgan fingerprint density at radius 3 is 2.81 bits per heavy atom. The molecule has 1 atom stereocenters. The van der Waals surface area contributed by atoms with Gasteiger partial charge in [-0.15, -0.1) is 0 Å². The zero-order valence-electron chi connectivity index (χ0n) is 18.1. The summed E-state index contributed by atoms with van der Waals surface area (Å²) in [6.07, 6.45) is 4.82. The third kappa shape index (κ3) is 3.20. The molecule has 1 saturated heterocycles. The van der Waals surface area contributed by atoms with Crippen molar-refractivity contribution in [2.45, 2.75) is 38.9 Å². The fourth-order valence-corrected chi connectivity index (χ4v) is 5.95. The fourth-order valence-electron chi connectivity index (χ4n) is 4.67. The zero-order valence-corrected chi connectivity index (χ0v) is 18.9. The summed E-state index contributed by atoms with van der Waals surface area (Å²) in [5, 5.41) is 0.930. The number of fused-ring (bicyclic) bond motifs is 2. The van der Waals surface area contributed by atoms with Gasteiger partial charge in [0, 0.05) is 42.0 Å². The van der Waals surface area contributed by atoms with Crippen LogP contribution in [0.15, 0.2) is 24.5 Å². The maximum absolute atomic E-state index is 12.6. The van der Waals surface area contributed by atoms with Crippen LogP contribution in [0.1, 0.15) is 32.0 Å². The molecule has 0 aromatic carbocycles. The number of morpholine rings is 1. The summed E-state index contributed by atoms with van der Waals surface area (Å²) < 4.78 is 32.3. The maximum Gasteiger partial charge on any atom is 0.212 e. The largest absolute Gasteiger partial charge is 0.377 e. The van der Waals surface area contributed by atoms with Crippen LogP contribution >= 0.6 is 0 Å². The van der Waals surface area contributed by atoms with Crippen molar-refractivity contribution in [3.63, 3.8) is 0 Å². The van der Waals surface area contributed by atoms with Crippen LogP contribution in [-0.4, -0.2) is 64.7 Å². The van der Waals surface area contributed by atoms with Crippen LogP contribution in [0, 0.1) is 0 Å². The average molecular weight is 443 g/mol. The molecule has 0 radical (unpaired) electrons. The lowest BCUT2D eigenvalue weighted by Crippen LogP contribution is -2.44. The SMILES string of the molecule is CC1COCCN1c1nc(-c2ccnc3[nH]ccc23)nc2c1CN(S(C)(=O)=O)C2(C)C. The fraction of sp³-hybridized carbons (Fsp3) is 0.476. The Labute approximate surface area is 181 Å². The van der Waals surface area contributed by atoms with E-state index in [1.54, 1.807) is 6.20 Å². The number of ether oxygens (including phenoxy) is 1. The first-order valence-electron chi connectivity index (χ1n) is 10.3. The Bertz CT molecular complexity index is 1270. The highest BCUT2D eigenvalue weighted by molar-refractivity contribution is 7.88. The number of pyridine rings is 1. The predicted molar refractivity (Wildman–Crippen MR) is 118 cm³/mol. The Hall–Kier alpha value is -2.56. The molecule has 1 N–H and O–H groups in total. The minimum atomic E-state index is -3.43. The second-order valence-electron chi connectivity index (χ2n) is 8.74. The number of nitrogens with one attached hydrogen (secondary N) is 1. The molecule has 9 nitrogen and oxygen atoms in total. The molecule has 10 heteroatoms. The third-order valence-electron chi connectivity index (χ3n) is 6.23. The monoisotopic (exact) mass is 442 g/mol. The number of sulfonamides is 1. The Balaban J connectivity index is 1.76. The van der Waals surface area contributed by atoms with Crippen LogP contribution in [0.25, 0.3) is 22.4 Å². The van der Waals surface area contributed by atoms with Crippen molar-refractivity contribution in [1.82, 2.24) is 24.2 Å². The van der Waals surface area contributed by atoms with Crippen molar-refractivity contribution >= 4 is 26.9 Å². The highest BCUT2D eigenvalue weighted by atomic mass is 32.2. The Kier molecular flexibility index (Phi) is 4.58. The molecule has 1 fully saturated rings. The van der Waals surface area contributed by atoms with E-state index >= 15 is 0 Å². The van der Waals surface area contributed by atoms with Gasteiger partial charge in [-0.2, -0.15) is 4.31 Å². The van der Waals surface area contributed by atoms with E-state index in [4.69, 9.17) is 14.7 Å². The van der Waals surface area contributed by atoms with E-state index in [-0.39, 0.29) is 12.6 Å². The molecule has 3 aromatic rings. The molecule has 0 spiro atoms. The summed E-state index contributed by atoms with van der Waals surface area (Å²) in [5.74, 6) is 1.36. The molecule has 31 heavy (non-hydrogen) atoms. The zero-order chi connectivity index (χ0) is 22.0. The molecule has 164 valence electrons. The van der Waals surface area contributed by atoms with Gasteiger partial charge in [0.2, 0.25) is 10.0 Å². The van der Waals surface area contributed by atoms with Gasteiger partial charge in [0.05, 0.1) is 36.7 Å². The first-order valence-corrected chi connectivity index (χ1v) is 12.2. The predicted octanol–water partition coefficient (Wildman–Crippen LogP) is 2.26. The van der Waals surface area contributed by atoms with Gasteiger partial charge in [-0.25, -0.2) is 23.4 Å². The molecule has 0 bridgehead atoms. The minimum absolute atomic E-state index is 0.126. The molecular weight excluding hydrogens is 416 g/mol. The van der Waals surface area contributed by atoms with Crippen molar-refractivity contribution in [3.05, 3.63) is 35.8 Å². The lowest BCUT2D eigenvalue weighted by atomic mass is 10.00. The van der Waals surface area contributed by atoms with Crippen LogP contribution < -0.4 is 4.90 Å². The van der Waals surface area contributed by atoms with E-state index in [0.717, 1.165) is 33.7 Å². The Morgan fingerprint density at radius 2 is 2.06 bits per heavy atom. The topological polar surface area (TPSA) is 104 Å². The maximum atomic E-state index is 12.6. The van der Waals surface area contributed by atoms with E-state index < -0.39 is 15.6 Å². The van der Waals surface area contributed by atoms with Crippen LogP contribution in [0.4, 0.5) is 5.82 Å². The van der Waals surface area contributed by atoms with Gasteiger partial charge in [0.15, 0.2) is 5.82 Å². The molecule has 0 amide bonds. The normalized spacial score (nSPS) is 21.5. The molecule has 5 heterocycles. The van der Waals surface area contributed by atoms with Crippen LogP contribution in [0.2, 0.25) is 0 Å². The number of nitrogens with zero attached hydrogens (tertiary/aromatic N) is 5. The van der Waals surface area contributed by atoms with Crippen molar-refractivity contribution in [1.29, 1.82) is 0 Å². The van der Waals surface area contributed by atoms with Crippen LogP contribution in [0.3, 0.4) is 0 Å². The average Bonchev–Trinajstić information content (AvgIpc) is 3.30. The van der Waals surface area contributed by atoms with Gasteiger partial charge in [-0.05, 0) is 32.9 Å². The number of H-pyrrole nitrogens is 1. The van der Waals surface area contributed by atoms with E-state index in [9.17, 15) is 8.42 Å². The number of rotatable bonds is 3. The standard InChI is InChI=1S/C21H26N6O3S/c1-13-12-30-10-9-26(13)20-16-11-27(31(4,28)29)21(2,3)17(16)24-19(25-20)15-6-8-23-18-14(15)5-7-22-18/h5-8,13H,9-12H2,1-4H3,(H,22,23). The lowest BCUT2D eigenvalue weighted by molar-refractivity contribution is 0.0984. The Morgan fingerprint density at radius 1 is 1.26 bits per heavy atom. The van der Waals surface area contributed by atoms with Crippen molar-refractivity contribution < 1.29 is 13.2 Å². The molecule has 0 saturated carbocycles. The van der Waals surface area contributed by atoms with E-state index in [2.05, 4.69) is 21.8 Å². The molecular formula is C21H26N6O3S.